The van der Waals surface area contributed by atoms with E-state index in [0.717, 1.165) is 29.8 Å². The molecular formula is C14H16ClN3O. The number of nitrogens with one attached hydrogen (secondary N) is 1. The number of hydrogen-bond donors (Lipinski definition) is 1. The van der Waals surface area contributed by atoms with Gasteiger partial charge in [0.15, 0.2) is 0 Å². The molecule has 0 atom stereocenters. The summed E-state index contributed by atoms with van der Waals surface area (Å²) in [6, 6.07) is 7.62. The van der Waals surface area contributed by atoms with Crippen LogP contribution in [0.2, 0.25) is 5.02 Å². The van der Waals surface area contributed by atoms with Gasteiger partial charge in [0.05, 0.1) is 12.1 Å². The lowest BCUT2D eigenvalue weighted by molar-refractivity contribution is 0.511. The maximum absolute atomic E-state index is 12.4. The van der Waals surface area contributed by atoms with Crippen LogP contribution < -0.4 is 10.9 Å². The topological polar surface area (TPSA) is 39.0 Å². The van der Waals surface area contributed by atoms with E-state index in [9.17, 15) is 4.79 Å². The molecule has 19 heavy (non-hydrogen) atoms. The molecule has 4 nitrogen and oxygen atoms in total. The highest BCUT2D eigenvalue weighted by atomic mass is 35.5. The number of hydrogen-bond acceptors (Lipinski definition) is 2. The first kappa shape index (κ1) is 12.5. The predicted octanol–water partition coefficient (Wildman–Crippen LogP) is 1.53. The van der Waals surface area contributed by atoms with Crippen LogP contribution in [0.3, 0.4) is 0 Å². The molecule has 3 rings (SSSR count). The monoisotopic (exact) mass is 277 g/mol. The van der Waals surface area contributed by atoms with Crippen molar-refractivity contribution in [3.63, 3.8) is 0 Å². The van der Waals surface area contributed by atoms with Gasteiger partial charge in [-0.05, 0) is 17.7 Å². The largest absolute Gasteiger partial charge is 0.312 e. The molecule has 2 heterocycles. The van der Waals surface area contributed by atoms with E-state index in [1.165, 1.54) is 0 Å². The molecule has 0 spiro atoms. The average Bonchev–Trinajstić information content (AvgIpc) is 2.67. The molecule has 1 aromatic heterocycles. The van der Waals surface area contributed by atoms with Crippen LogP contribution in [0.25, 0.3) is 0 Å². The van der Waals surface area contributed by atoms with Crippen molar-refractivity contribution < 1.29 is 0 Å². The SMILES string of the molecule is Cn1c2c(c(=O)n1Cc1ccc(Cl)cc1)CNCC2. The molecule has 0 radical (unpaired) electrons. The lowest BCUT2D eigenvalue weighted by Gasteiger charge is -2.14. The average molecular weight is 278 g/mol. The van der Waals surface area contributed by atoms with Crippen LogP contribution in [0.5, 0.6) is 0 Å². The Morgan fingerprint density at radius 1 is 1.32 bits per heavy atom. The fraction of sp³-hybridized carbons (Fsp3) is 0.357. The molecule has 0 unspecified atom stereocenters. The first-order valence-electron chi connectivity index (χ1n) is 6.39. The van der Waals surface area contributed by atoms with Gasteiger partial charge >= 0.3 is 0 Å². The van der Waals surface area contributed by atoms with Crippen molar-refractivity contribution in [2.45, 2.75) is 19.5 Å². The second kappa shape index (κ2) is 4.87. The van der Waals surface area contributed by atoms with Gasteiger partial charge in [-0.1, -0.05) is 23.7 Å². The molecular weight excluding hydrogens is 262 g/mol. The minimum absolute atomic E-state index is 0.111. The van der Waals surface area contributed by atoms with Gasteiger partial charge in [0.1, 0.15) is 0 Å². The zero-order valence-electron chi connectivity index (χ0n) is 10.8. The molecule has 1 aliphatic heterocycles. The minimum Gasteiger partial charge on any atom is -0.312 e. The molecule has 1 aliphatic rings. The lowest BCUT2D eigenvalue weighted by atomic mass is 10.1. The van der Waals surface area contributed by atoms with E-state index in [-0.39, 0.29) is 5.56 Å². The Bertz CT molecular complexity index is 655. The van der Waals surface area contributed by atoms with Crippen LogP contribution in [0.1, 0.15) is 16.8 Å². The predicted molar refractivity (Wildman–Crippen MR) is 75.6 cm³/mol. The van der Waals surface area contributed by atoms with Crippen molar-refractivity contribution in [1.82, 2.24) is 14.7 Å². The third kappa shape index (κ3) is 2.22. The maximum atomic E-state index is 12.4. The summed E-state index contributed by atoms with van der Waals surface area (Å²) in [6.45, 7) is 2.19. The van der Waals surface area contributed by atoms with Crippen molar-refractivity contribution in [3.05, 3.63) is 56.5 Å². The van der Waals surface area contributed by atoms with Crippen LogP contribution >= 0.6 is 11.6 Å². The van der Waals surface area contributed by atoms with Crippen molar-refractivity contribution in [2.24, 2.45) is 7.05 Å². The second-order valence-corrected chi connectivity index (χ2v) is 5.30. The molecule has 0 saturated carbocycles. The Hall–Kier alpha value is -1.52. The number of rotatable bonds is 2. The van der Waals surface area contributed by atoms with Crippen molar-refractivity contribution >= 4 is 11.6 Å². The molecule has 0 amide bonds. The van der Waals surface area contributed by atoms with E-state index in [0.29, 0.717) is 18.1 Å². The van der Waals surface area contributed by atoms with Gasteiger partial charge in [-0.2, -0.15) is 0 Å². The van der Waals surface area contributed by atoms with Crippen molar-refractivity contribution in [2.75, 3.05) is 6.54 Å². The highest BCUT2D eigenvalue weighted by molar-refractivity contribution is 6.30. The van der Waals surface area contributed by atoms with Gasteiger partial charge < -0.3 is 5.32 Å². The summed E-state index contributed by atoms with van der Waals surface area (Å²) in [7, 11) is 1.96. The van der Waals surface area contributed by atoms with E-state index < -0.39 is 0 Å². The summed E-state index contributed by atoms with van der Waals surface area (Å²) < 4.78 is 3.79. The number of aromatic nitrogens is 2. The molecule has 0 fully saturated rings. The lowest BCUT2D eigenvalue weighted by Crippen LogP contribution is -2.27. The minimum atomic E-state index is 0.111. The molecule has 2 aromatic rings. The number of halogens is 1. The smallest absolute Gasteiger partial charge is 0.271 e. The molecule has 0 aliphatic carbocycles. The summed E-state index contributed by atoms with van der Waals surface area (Å²) in [5.41, 5.74) is 3.25. The zero-order chi connectivity index (χ0) is 13.4. The standard InChI is InChI=1S/C14H16ClN3O/c1-17-13-6-7-16-8-12(13)14(19)18(17)9-10-2-4-11(15)5-3-10/h2-5,16H,6-9H2,1H3. The normalized spacial score (nSPS) is 14.4. The van der Waals surface area contributed by atoms with E-state index in [4.69, 9.17) is 11.6 Å². The molecule has 0 saturated heterocycles. The molecule has 100 valence electrons. The zero-order valence-corrected chi connectivity index (χ0v) is 11.6. The first-order chi connectivity index (χ1) is 9.16. The Morgan fingerprint density at radius 3 is 2.74 bits per heavy atom. The molecule has 1 aromatic carbocycles. The summed E-state index contributed by atoms with van der Waals surface area (Å²) in [6.07, 6.45) is 0.911. The summed E-state index contributed by atoms with van der Waals surface area (Å²) >= 11 is 5.88. The van der Waals surface area contributed by atoms with E-state index in [1.54, 1.807) is 4.68 Å². The Balaban J connectivity index is 1.99. The number of nitrogens with zero attached hydrogens (tertiary/aromatic N) is 2. The van der Waals surface area contributed by atoms with Crippen molar-refractivity contribution in [1.29, 1.82) is 0 Å². The Labute approximate surface area is 116 Å². The first-order valence-corrected chi connectivity index (χ1v) is 6.77. The van der Waals surface area contributed by atoms with Gasteiger partial charge in [0.2, 0.25) is 0 Å². The molecule has 1 N–H and O–H groups in total. The Morgan fingerprint density at radius 2 is 2.05 bits per heavy atom. The highest BCUT2D eigenvalue weighted by Crippen LogP contribution is 2.13. The van der Waals surface area contributed by atoms with Crippen LogP contribution in [0, 0.1) is 0 Å². The van der Waals surface area contributed by atoms with Gasteiger partial charge in [-0.3, -0.25) is 9.48 Å². The number of fused-ring (bicyclic) bond motifs is 1. The highest BCUT2D eigenvalue weighted by Gasteiger charge is 2.20. The summed E-state index contributed by atoms with van der Waals surface area (Å²) in [5, 5.41) is 3.96. The summed E-state index contributed by atoms with van der Waals surface area (Å²) in [4.78, 5) is 12.4. The molecule has 0 bridgehead atoms. The molecule has 5 heteroatoms. The van der Waals surface area contributed by atoms with E-state index >= 15 is 0 Å². The van der Waals surface area contributed by atoms with Gasteiger partial charge in [-0.25, -0.2) is 4.68 Å². The third-order valence-electron chi connectivity index (χ3n) is 3.68. The number of benzene rings is 1. The Kier molecular flexibility index (Phi) is 3.21. The van der Waals surface area contributed by atoms with Crippen LogP contribution in [-0.4, -0.2) is 15.9 Å². The van der Waals surface area contributed by atoms with Gasteiger partial charge in [0.25, 0.3) is 5.56 Å². The van der Waals surface area contributed by atoms with Gasteiger partial charge in [0, 0.05) is 37.3 Å². The van der Waals surface area contributed by atoms with E-state index in [2.05, 4.69) is 5.32 Å². The summed E-state index contributed by atoms with van der Waals surface area (Å²) in [5.74, 6) is 0. The van der Waals surface area contributed by atoms with Crippen LogP contribution in [-0.2, 0) is 26.6 Å². The quantitative estimate of drug-likeness (QED) is 0.904. The second-order valence-electron chi connectivity index (χ2n) is 4.86. The van der Waals surface area contributed by atoms with E-state index in [1.807, 2.05) is 36.0 Å². The fourth-order valence-electron chi connectivity index (χ4n) is 2.61. The fourth-order valence-corrected chi connectivity index (χ4v) is 2.73. The van der Waals surface area contributed by atoms with Crippen LogP contribution in [0.4, 0.5) is 0 Å². The van der Waals surface area contributed by atoms with Crippen molar-refractivity contribution in [3.8, 4) is 0 Å². The van der Waals surface area contributed by atoms with Gasteiger partial charge in [-0.15, -0.1) is 0 Å². The third-order valence-corrected chi connectivity index (χ3v) is 3.93. The maximum Gasteiger partial charge on any atom is 0.271 e. The van der Waals surface area contributed by atoms with Crippen LogP contribution in [0.15, 0.2) is 29.1 Å².